The van der Waals surface area contributed by atoms with E-state index >= 15 is 0 Å². The summed E-state index contributed by atoms with van der Waals surface area (Å²) in [7, 11) is 0.129. The molecule has 0 heterocycles. The predicted molar refractivity (Wildman–Crippen MR) is 59.5 cm³/mol. The highest BCUT2D eigenvalue weighted by atomic mass is 32.2. The van der Waals surface area contributed by atoms with Crippen LogP contribution >= 0.6 is 0 Å². The van der Waals surface area contributed by atoms with Crippen molar-refractivity contribution in [2.24, 2.45) is 4.36 Å². The summed E-state index contributed by atoms with van der Waals surface area (Å²) in [4.78, 5) is 0. The van der Waals surface area contributed by atoms with Crippen molar-refractivity contribution in [3.8, 4) is 0 Å². The predicted octanol–water partition coefficient (Wildman–Crippen LogP) is 3.53. The van der Waals surface area contributed by atoms with Crippen LogP contribution < -0.4 is 0 Å². The Morgan fingerprint density at radius 3 is 1.75 bits per heavy atom. The van der Waals surface area contributed by atoms with Crippen LogP contribution in [0.25, 0.3) is 0 Å². The Kier molecular flexibility index (Phi) is 4.18. The molecule has 12 heavy (non-hydrogen) atoms. The van der Waals surface area contributed by atoms with Crippen LogP contribution in [0.3, 0.4) is 0 Å². The Hall–Kier alpha value is -0.110. The maximum Gasteiger partial charge on any atom is 0.0432 e. The molecule has 0 saturated carbocycles. The summed E-state index contributed by atoms with van der Waals surface area (Å²) in [5.41, 5.74) is 2.51. The maximum absolute atomic E-state index is 4.66. The first kappa shape index (κ1) is 11.9. The molecule has 1 unspecified atom stereocenters. The molecule has 0 aliphatic rings. The van der Waals surface area contributed by atoms with Gasteiger partial charge in [-0.05, 0) is 27.0 Å². The fourth-order valence-corrected chi connectivity index (χ4v) is 1.30. The van der Waals surface area contributed by atoms with Gasteiger partial charge in [-0.3, -0.25) is 0 Å². The van der Waals surface area contributed by atoms with Crippen LogP contribution in [-0.4, -0.2) is 11.0 Å². The van der Waals surface area contributed by atoms with Crippen molar-refractivity contribution in [2.45, 2.75) is 46.3 Å². The zero-order chi connectivity index (χ0) is 9.94. The zero-order valence-electron chi connectivity index (χ0n) is 9.36. The van der Waals surface area contributed by atoms with Crippen molar-refractivity contribution < 1.29 is 0 Å². The summed E-state index contributed by atoms with van der Waals surface area (Å²) in [6, 6.07) is 0. The molecular formula is C10H21NS. The highest BCUT2D eigenvalue weighted by Gasteiger charge is 2.12. The van der Waals surface area contributed by atoms with Gasteiger partial charge in [-0.15, -0.1) is 0 Å². The van der Waals surface area contributed by atoms with E-state index < -0.39 is 0 Å². The van der Waals surface area contributed by atoms with Gasteiger partial charge in [0.25, 0.3) is 0 Å². The lowest BCUT2D eigenvalue weighted by molar-refractivity contribution is 0.797. The zero-order valence-corrected chi connectivity index (χ0v) is 10.2. The Morgan fingerprint density at radius 2 is 1.50 bits per heavy atom. The molecule has 0 amide bonds. The van der Waals surface area contributed by atoms with Crippen LogP contribution in [0.5, 0.6) is 0 Å². The average molecular weight is 187 g/mol. The summed E-state index contributed by atoms with van der Waals surface area (Å²) in [5.74, 6) is 0. The van der Waals surface area contributed by atoms with Crippen LogP contribution in [-0.2, 0) is 10.7 Å². The first-order valence-corrected chi connectivity index (χ1v) is 5.86. The highest BCUT2D eigenvalue weighted by Crippen LogP contribution is 2.15. The van der Waals surface area contributed by atoms with Crippen LogP contribution in [0.1, 0.15) is 41.5 Å². The van der Waals surface area contributed by atoms with Gasteiger partial charge < -0.3 is 0 Å². The topological polar surface area (TPSA) is 12.4 Å². The number of hydrogen-bond acceptors (Lipinski definition) is 1. The summed E-state index contributed by atoms with van der Waals surface area (Å²) in [6.45, 7) is 13.0. The second-order valence-corrected chi connectivity index (χ2v) is 6.63. The molecule has 1 atom stereocenters. The molecule has 0 N–H and O–H groups in total. The van der Waals surface area contributed by atoms with Gasteiger partial charge in [0, 0.05) is 10.4 Å². The minimum absolute atomic E-state index is 0.129. The molecule has 0 bridgehead atoms. The van der Waals surface area contributed by atoms with Crippen LogP contribution in [0.15, 0.2) is 15.6 Å². The van der Waals surface area contributed by atoms with Crippen LogP contribution in [0, 0.1) is 0 Å². The van der Waals surface area contributed by atoms with E-state index in [2.05, 4.69) is 52.2 Å². The van der Waals surface area contributed by atoms with Crippen molar-refractivity contribution in [3.63, 3.8) is 0 Å². The second-order valence-electron chi connectivity index (χ2n) is 4.27. The molecule has 0 saturated heterocycles. The third kappa shape index (κ3) is 4.05. The first-order valence-electron chi connectivity index (χ1n) is 4.27. The molecule has 0 aliphatic carbocycles. The molecule has 0 radical (unpaired) electrons. The number of allylic oxidation sites excluding steroid dienone is 2. The Morgan fingerprint density at radius 1 is 1.08 bits per heavy atom. The van der Waals surface area contributed by atoms with Crippen LogP contribution in [0.4, 0.5) is 0 Å². The number of hydrogen-bond donors (Lipinski definition) is 0. The fourth-order valence-electron chi connectivity index (χ4n) is 0.434. The van der Waals surface area contributed by atoms with Gasteiger partial charge in [0.1, 0.15) is 0 Å². The summed E-state index contributed by atoms with van der Waals surface area (Å²) < 4.78 is 4.96. The summed E-state index contributed by atoms with van der Waals surface area (Å²) in [5, 5.41) is 0. The second kappa shape index (κ2) is 4.22. The van der Waals surface area contributed by atoms with E-state index in [0.29, 0.717) is 4.75 Å². The molecule has 0 aromatic heterocycles. The van der Waals surface area contributed by atoms with Gasteiger partial charge >= 0.3 is 0 Å². The molecular weight excluding hydrogens is 166 g/mol. The van der Waals surface area contributed by atoms with Crippen molar-refractivity contribution in [3.05, 3.63) is 11.3 Å². The molecule has 2 heteroatoms. The third-order valence-electron chi connectivity index (χ3n) is 1.88. The van der Waals surface area contributed by atoms with Crippen molar-refractivity contribution >= 4 is 10.7 Å². The summed E-state index contributed by atoms with van der Waals surface area (Å²) in [6.07, 6.45) is 2.20. The fraction of sp³-hybridized carbons (Fsp3) is 0.800. The monoisotopic (exact) mass is 187 g/mol. The van der Waals surface area contributed by atoms with E-state index in [0.717, 1.165) is 0 Å². The van der Waals surface area contributed by atoms with Crippen molar-refractivity contribution in [2.75, 3.05) is 6.26 Å². The average Bonchev–Trinajstić information content (AvgIpc) is 1.85. The minimum Gasteiger partial charge on any atom is -0.233 e. The lowest BCUT2D eigenvalue weighted by atomic mass is 10.3. The molecule has 0 spiro atoms. The lowest BCUT2D eigenvalue weighted by Crippen LogP contribution is -2.20. The first-order chi connectivity index (χ1) is 5.25. The largest absolute Gasteiger partial charge is 0.233 e. The van der Waals surface area contributed by atoms with E-state index in [1.807, 2.05) is 0 Å². The number of nitrogens with zero attached hydrogens (tertiary/aromatic N) is 1. The van der Waals surface area contributed by atoms with Gasteiger partial charge in [-0.2, -0.15) is 0 Å². The van der Waals surface area contributed by atoms with Crippen LogP contribution in [0.2, 0.25) is 0 Å². The Balaban J connectivity index is 4.71. The van der Waals surface area contributed by atoms with E-state index in [9.17, 15) is 0 Å². The molecule has 1 nitrogen and oxygen atoms in total. The smallest absolute Gasteiger partial charge is 0.0432 e. The molecule has 0 aromatic carbocycles. The molecule has 0 fully saturated rings. The SMILES string of the molecule is CC(C)=C(C)N=S(C)C(C)(C)C. The standard InChI is InChI=1S/C10H21NS/c1-8(2)9(3)11-12(7)10(4,5)6/h1-7H3. The highest BCUT2D eigenvalue weighted by molar-refractivity contribution is 7.88. The number of rotatable bonds is 1. The quantitative estimate of drug-likeness (QED) is 0.595. The molecule has 0 aliphatic heterocycles. The maximum atomic E-state index is 4.66. The van der Waals surface area contributed by atoms with Gasteiger partial charge in [0.15, 0.2) is 0 Å². The molecule has 72 valence electrons. The van der Waals surface area contributed by atoms with E-state index in [1.54, 1.807) is 0 Å². The molecule has 0 rings (SSSR count). The Labute approximate surface area is 79.4 Å². The van der Waals surface area contributed by atoms with Gasteiger partial charge in [0.05, 0.1) is 0 Å². The van der Waals surface area contributed by atoms with E-state index in [4.69, 9.17) is 0 Å². The Bertz CT molecular complexity index is 214. The minimum atomic E-state index is 0.129. The summed E-state index contributed by atoms with van der Waals surface area (Å²) >= 11 is 0. The lowest BCUT2D eigenvalue weighted by Gasteiger charge is -2.19. The van der Waals surface area contributed by atoms with Gasteiger partial charge in [-0.1, -0.05) is 37.0 Å². The van der Waals surface area contributed by atoms with Crippen molar-refractivity contribution in [1.29, 1.82) is 0 Å². The van der Waals surface area contributed by atoms with E-state index in [1.165, 1.54) is 11.3 Å². The van der Waals surface area contributed by atoms with Gasteiger partial charge in [-0.25, -0.2) is 4.36 Å². The van der Waals surface area contributed by atoms with Gasteiger partial charge in [0.2, 0.25) is 0 Å². The normalized spacial score (nSPS) is 14.6. The van der Waals surface area contributed by atoms with Crippen molar-refractivity contribution in [1.82, 2.24) is 0 Å². The molecule has 0 aromatic rings. The third-order valence-corrected chi connectivity index (χ3v) is 4.20. The van der Waals surface area contributed by atoms with E-state index in [-0.39, 0.29) is 10.7 Å².